The van der Waals surface area contributed by atoms with Gasteiger partial charge in [-0.15, -0.1) is 5.10 Å². The quantitative estimate of drug-likeness (QED) is 0.520. The van der Waals surface area contributed by atoms with E-state index in [1.165, 1.54) is 0 Å². The van der Waals surface area contributed by atoms with Gasteiger partial charge in [-0.1, -0.05) is 18.2 Å². The van der Waals surface area contributed by atoms with Crippen LogP contribution in [0, 0.1) is 0 Å². The smallest absolute Gasteiger partial charge is 0.252 e. The van der Waals surface area contributed by atoms with Crippen molar-refractivity contribution in [2.75, 3.05) is 14.2 Å². The van der Waals surface area contributed by atoms with Crippen molar-refractivity contribution in [1.29, 1.82) is 0 Å². The molecule has 30 heavy (non-hydrogen) atoms. The maximum atomic E-state index is 12.9. The third kappa shape index (κ3) is 3.08. The predicted octanol–water partition coefficient (Wildman–Crippen LogP) is 3.72. The van der Waals surface area contributed by atoms with Crippen LogP contribution in [0.3, 0.4) is 0 Å². The number of fused-ring (bicyclic) bond motifs is 2. The van der Waals surface area contributed by atoms with E-state index in [1.807, 2.05) is 48.5 Å². The lowest BCUT2D eigenvalue weighted by Crippen LogP contribution is -2.21. The number of para-hydroxylation sites is 1. The fourth-order valence-corrected chi connectivity index (χ4v) is 3.97. The van der Waals surface area contributed by atoms with Gasteiger partial charge in [-0.3, -0.25) is 4.79 Å². The molecule has 0 saturated heterocycles. The molecule has 7 nitrogen and oxygen atoms in total. The molecule has 4 aromatic rings. The summed E-state index contributed by atoms with van der Waals surface area (Å²) in [7, 11) is 3.28. The Morgan fingerprint density at radius 2 is 1.77 bits per heavy atom. The van der Waals surface area contributed by atoms with E-state index in [9.17, 15) is 4.79 Å². The van der Waals surface area contributed by atoms with E-state index >= 15 is 0 Å². The molecular weight excluding hydrogens is 380 g/mol. The number of nitrogens with zero attached hydrogens (tertiary/aromatic N) is 4. The Bertz CT molecular complexity index is 1250. The highest BCUT2D eigenvalue weighted by molar-refractivity contribution is 5.98. The van der Waals surface area contributed by atoms with Gasteiger partial charge in [0, 0.05) is 24.1 Å². The molecule has 0 N–H and O–H groups in total. The number of ketones is 1. The lowest BCUT2D eigenvalue weighted by atomic mass is 9.82. The summed E-state index contributed by atoms with van der Waals surface area (Å²) >= 11 is 0. The Morgan fingerprint density at radius 1 is 0.967 bits per heavy atom. The van der Waals surface area contributed by atoms with Crippen molar-refractivity contribution >= 4 is 11.6 Å². The Kier molecular flexibility index (Phi) is 4.43. The lowest BCUT2D eigenvalue weighted by Gasteiger charge is -2.24. The van der Waals surface area contributed by atoms with Crippen LogP contribution in [0.15, 0.2) is 54.7 Å². The Hall–Kier alpha value is -3.74. The molecule has 2 aromatic carbocycles. The zero-order valence-electron chi connectivity index (χ0n) is 16.7. The number of benzene rings is 2. The summed E-state index contributed by atoms with van der Waals surface area (Å²) in [5.41, 5.74) is 3.25. The second kappa shape index (κ2) is 7.26. The second-order valence-electron chi connectivity index (χ2n) is 7.28. The van der Waals surface area contributed by atoms with Crippen LogP contribution in [0.2, 0.25) is 0 Å². The topological polar surface area (TPSA) is 78.6 Å². The predicted molar refractivity (Wildman–Crippen MR) is 111 cm³/mol. The van der Waals surface area contributed by atoms with E-state index in [0.717, 1.165) is 28.3 Å². The summed E-state index contributed by atoms with van der Waals surface area (Å²) in [6.45, 7) is 0. The molecule has 150 valence electrons. The fraction of sp³-hybridized carbons (Fsp3) is 0.217. The van der Waals surface area contributed by atoms with Crippen LogP contribution in [-0.2, 0) is 6.42 Å². The third-order valence-electron chi connectivity index (χ3n) is 5.51. The van der Waals surface area contributed by atoms with Gasteiger partial charge in [0.15, 0.2) is 11.6 Å². The summed E-state index contributed by atoms with van der Waals surface area (Å²) in [6.07, 6.45) is 2.82. The summed E-state index contributed by atoms with van der Waals surface area (Å²) in [5, 5.41) is 4.52. The molecule has 0 amide bonds. The minimum absolute atomic E-state index is 0.0279. The zero-order valence-corrected chi connectivity index (χ0v) is 16.7. The Labute approximate surface area is 173 Å². The third-order valence-corrected chi connectivity index (χ3v) is 5.51. The molecule has 0 fully saturated rings. The van der Waals surface area contributed by atoms with Crippen LogP contribution >= 0.6 is 0 Å². The molecular formula is C23H20N4O3. The molecule has 0 saturated carbocycles. The minimum atomic E-state index is 0.0279. The molecule has 0 unspecified atom stereocenters. The van der Waals surface area contributed by atoms with Crippen LogP contribution in [0.25, 0.3) is 17.2 Å². The summed E-state index contributed by atoms with van der Waals surface area (Å²) < 4.78 is 12.3. The molecule has 0 bridgehead atoms. The molecule has 2 heterocycles. The van der Waals surface area contributed by atoms with Gasteiger partial charge in [0.2, 0.25) is 0 Å². The minimum Gasteiger partial charge on any atom is -0.497 e. The summed E-state index contributed by atoms with van der Waals surface area (Å²) in [4.78, 5) is 22.2. The number of carbonyl (C=O) groups is 1. The van der Waals surface area contributed by atoms with Gasteiger partial charge < -0.3 is 9.47 Å². The standard InChI is InChI=1S/C23H20N4O3/c1-29-16-9-7-14(8-10-16)22-25-23-24-19-11-15(17-5-3-4-6-21(17)30-2)12-20(28)18(19)13-27(23)26-22/h3-10,13,15H,11-12H2,1-2H3/t15-/m1/s1. The first kappa shape index (κ1) is 18.3. The molecule has 0 aliphatic heterocycles. The molecule has 0 radical (unpaired) electrons. The van der Waals surface area contributed by atoms with Gasteiger partial charge in [-0.05, 0) is 42.3 Å². The molecule has 0 spiro atoms. The van der Waals surface area contributed by atoms with E-state index in [0.29, 0.717) is 30.0 Å². The summed E-state index contributed by atoms with van der Waals surface area (Å²) in [6, 6.07) is 15.4. The molecule has 5 rings (SSSR count). The van der Waals surface area contributed by atoms with E-state index in [-0.39, 0.29) is 11.7 Å². The van der Waals surface area contributed by atoms with E-state index in [4.69, 9.17) is 9.47 Å². The summed E-state index contributed by atoms with van der Waals surface area (Å²) in [5.74, 6) is 2.69. The average Bonchev–Trinajstić information content (AvgIpc) is 3.21. The van der Waals surface area contributed by atoms with Gasteiger partial charge in [0.1, 0.15) is 11.5 Å². The van der Waals surface area contributed by atoms with Crippen molar-refractivity contribution in [2.24, 2.45) is 0 Å². The first-order valence-corrected chi connectivity index (χ1v) is 9.73. The molecule has 2 aromatic heterocycles. The van der Waals surface area contributed by atoms with Crippen molar-refractivity contribution < 1.29 is 14.3 Å². The van der Waals surface area contributed by atoms with Crippen LogP contribution < -0.4 is 9.47 Å². The van der Waals surface area contributed by atoms with Crippen molar-refractivity contribution in [2.45, 2.75) is 18.8 Å². The number of aromatic nitrogens is 4. The van der Waals surface area contributed by atoms with Crippen molar-refractivity contribution in [3.63, 3.8) is 0 Å². The highest BCUT2D eigenvalue weighted by Gasteiger charge is 2.30. The van der Waals surface area contributed by atoms with Crippen LogP contribution in [0.5, 0.6) is 11.5 Å². The van der Waals surface area contributed by atoms with Gasteiger partial charge in [0.05, 0.1) is 25.5 Å². The van der Waals surface area contributed by atoms with Crippen molar-refractivity contribution in [3.05, 3.63) is 71.5 Å². The van der Waals surface area contributed by atoms with Gasteiger partial charge in [-0.2, -0.15) is 4.98 Å². The van der Waals surface area contributed by atoms with Crippen LogP contribution in [0.1, 0.15) is 34.0 Å². The molecule has 1 aliphatic rings. The van der Waals surface area contributed by atoms with E-state index < -0.39 is 0 Å². The molecule has 1 atom stereocenters. The number of hydrogen-bond donors (Lipinski definition) is 0. The van der Waals surface area contributed by atoms with E-state index in [1.54, 1.807) is 24.9 Å². The maximum Gasteiger partial charge on any atom is 0.252 e. The first-order chi connectivity index (χ1) is 14.7. The lowest BCUT2D eigenvalue weighted by molar-refractivity contribution is 0.0962. The zero-order chi connectivity index (χ0) is 20.7. The van der Waals surface area contributed by atoms with Gasteiger partial charge in [0.25, 0.3) is 5.78 Å². The Balaban J connectivity index is 1.52. The Morgan fingerprint density at radius 3 is 2.53 bits per heavy atom. The van der Waals surface area contributed by atoms with E-state index in [2.05, 4.69) is 15.1 Å². The highest BCUT2D eigenvalue weighted by atomic mass is 16.5. The fourth-order valence-electron chi connectivity index (χ4n) is 3.97. The molecule has 7 heteroatoms. The largest absolute Gasteiger partial charge is 0.497 e. The number of methoxy groups -OCH3 is 2. The molecule has 1 aliphatic carbocycles. The van der Waals surface area contributed by atoms with Crippen molar-refractivity contribution in [1.82, 2.24) is 19.6 Å². The normalized spacial score (nSPS) is 15.8. The SMILES string of the molecule is COc1ccc(-c2nc3nc4c(cn3n2)C(=O)C[C@H](c2ccccc2OC)C4)cc1. The maximum absolute atomic E-state index is 12.9. The number of Topliss-reactive ketones (excluding diaryl/α,β-unsaturated/α-hetero) is 1. The van der Waals surface area contributed by atoms with Crippen LogP contribution in [0.4, 0.5) is 0 Å². The first-order valence-electron chi connectivity index (χ1n) is 9.73. The highest BCUT2D eigenvalue weighted by Crippen LogP contribution is 2.36. The van der Waals surface area contributed by atoms with Crippen LogP contribution in [-0.4, -0.2) is 39.6 Å². The average molecular weight is 400 g/mol. The van der Waals surface area contributed by atoms with Gasteiger partial charge >= 0.3 is 0 Å². The number of hydrogen-bond acceptors (Lipinski definition) is 6. The second-order valence-corrected chi connectivity index (χ2v) is 7.28. The van der Waals surface area contributed by atoms with Gasteiger partial charge in [-0.25, -0.2) is 9.50 Å². The van der Waals surface area contributed by atoms with Crippen molar-refractivity contribution in [3.8, 4) is 22.9 Å². The number of rotatable bonds is 4. The number of ether oxygens (including phenoxy) is 2. The number of carbonyl (C=O) groups excluding carboxylic acids is 1. The monoisotopic (exact) mass is 400 g/mol.